The number of Topliss-reactive ketones (excluding diaryl/α,β-unsaturated/α-hetero) is 1. The lowest BCUT2D eigenvalue weighted by atomic mass is 9.60. The van der Waals surface area contributed by atoms with Gasteiger partial charge in [-0.2, -0.15) is 0 Å². The molecule has 3 heteroatoms. The summed E-state index contributed by atoms with van der Waals surface area (Å²) < 4.78 is 5.54. The summed E-state index contributed by atoms with van der Waals surface area (Å²) in [6, 6.07) is 14.8. The Morgan fingerprint density at radius 3 is 2.12 bits per heavy atom. The first-order chi connectivity index (χ1) is 15.9. The molecule has 3 nitrogen and oxygen atoms in total. The Labute approximate surface area is 203 Å². The molecule has 0 saturated heterocycles. The lowest BCUT2D eigenvalue weighted by molar-refractivity contribution is -0.139. The van der Waals surface area contributed by atoms with Crippen molar-refractivity contribution in [3.05, 3.63) is 83.0 Å². The van der Waals surface area contributed by atoms with Crippen molar-refractivity contribution in [2.45, 2.75) is 60.8 Å². The summed E-state index contributed by atoms with van der Waals surface area (Å²) in [5, 5.41) is 2.35. The molecule has 0 bridgehead atoms. The van der Waals surface area contributed by atoms with Crippen LogP contribution in [-0.2, 0) is 14.3 Å². The molecular formula is C31H36O3. The van der Waals surface area contributed by atoms with Crippen molar-refractivity contribution in [3.8, 4) is 0 Å². The van der Waals surface area contributed by atoms with Gasteiger partial charge in [-0.1, -0.05) is 102 Å². The molecule has 1 atom stereocenters. The number of hydrogen-bond donors (Lipinski definition) is 0. The second-order valence-corrected chi connectivity index (χ2v) is 11.6. The van der Waals surface area contributed by atoms with Gasteiger partial charge in [0.2, 0.25) is 0 Å². The molecular weight excluding hydrogens is 420 g/mol. The van der Waals surface area contributed by atoms with Crippen LogP contribution in [0.3, 0.4) is 0 Å². The normalized spacial score (nSPS) is 20.3. The highest BCUT2D eigenvalue weighted by Gasteiger charge is 2.51. The van der Waals surface area contributed by atoms with Crippen molar-refractivity contribution in [2.75, 3.05) is 6.61 Å². The number of hydrogen-bond acceptors (Lipinski definition) is 3. The van der Waals surface area contributed by atoms with Crippen LogP contribution in [0.5, 0.6) is 0 Å². The number of carbonyl (C=O) groups excluding carboxylic acids is 2. The number of rotatable bonds is 3. The predicted octanol–water partition coefficient (Wildman–Crippen LogP) is 7.33. The van der Waals surface area contributed by atoms with Crippen molar-refractivity contribution in [2.24, 2.45) is 16.2 Å². The van der Waals surface area contributed by atoms with E-state index in [1.807, 2.05) is 19.1 Å². The molecule has 0 amide bonds. The summed E-state index contributed by atoms with van der Waals surface area (Å²) in [5.41, 5.74) is 1.90. The number of carbonyl (C=O) groups is 2. The van der Waals surface area contributed by atoms with Crippen molar-refractivity contribution < 1.29 is 14.3 Å². The monoisotopic (exact) mass is 456 g/mol. The Hall–Kier alpha value is -2.94. The van der Waals surface area contributed by atoms with Crippen LogP contribution < -0.4 is 0 Å². The third-order valence-electron chi connectivity index (χ3n) is 7.17. The quantitative estimate of drug-likeness (QED) is 0.454. The Morgan fingerprint density at radius 2 is 1.53 bits per heavy atom. The lowest BCUT2D eigenvalue weighted by Gasteiger charge is -2.42. The van der Waals surface area contributed by atoms with Crippen LogP contribution >= 0.6 is 0 Å². The van der Waals surface area contributed by atoms with E-state index in [-0.39, 0.29) is 28.5 Å². The first-order valence-corrected chi connectivity index (χ1v) is 12.3. The molecule has 1 unspecified atom stereocenters. The van der Waals surface area contributed by atoms with Crippen molar-refractivity contribution >= 4 is 22.5 Å². The number of ether oxygens (including phenoxy) is 1. The smallest absolute Gasteiger partial charge is 0.334 e. The SMILES string of the molecule is CCOC(=O)C1=CCC(c2cccc3ccccc23)C12C=C(C(C)(C)C)C(=O)C(C(C)(C)C)=C2. The largest absolute Gasteiger partial charge is 0.463 e. The van der Waals surface area contributed by atoms with Gasteiger partial charge in [0.25, 0.3) is 0 Å². The van der Waals surface area contributed by atoms with Gasteiger partial charge in [0, 0.05) is 28.1 Å². The van der Waals surface area contributed by atoms with Crippen molar-refractivity contribution in [1.29, 1.82) is 0 Å². The Balaban J connectivity index is 2.05. The molecule has 1 spiro atoms. The van der Waals surface area contributed by atoms with Gasteiger partial charge in [-0.25, -0.2) is 4.79 Å². The molecule has 0 aliphatic heterocycles. The molecule has 0 saturated carbocycles. The zero-order chi connectivity index (χ0) is 24.9. The topological polar surface area (TPSA) is 43.4 Å². The minimum atomic E-state index is -0.741. The average molecular weight is 457 g/mol. The minimum Gasteiger partial charge on any atom is -0.463 e. The summed E-state index contributed by atoms with van der Waals surface area (Å²) >= 11 is 0. The highest BCUT2D eigenvalue weighted by atomic mass is 16.5. The van der Waals surface area contributed by atoms with Crippen LogP contribution in [-0.4, -0.2) is 18.4 Å². The van der Waals surface area contributed by atoms with Crippen molar-refractivity contribution in [3.63, 3.8) is 0 Å². The van der Waals surface area contributed by atoms with E-state index in [1.165, 1.54) is 16.3 Å². The Kier molecular flexibility index (Phi) is 5.96. The number of esters is 1. The van der Waals surface area contributed by atoms with Gasteiger partial charge < -0.3 is 4.74 Å². The third-order valence-corrected chi connectivity index (χ3v) is 7.17. The fraction of sp³-hybridized carbons (Fsp3) is 0.419. The van der Waals surface area contributed by atoms with E-state index in [9.17, 15) is 9.59 Å². The molecule has 2 aromatic carbocycles. The average Bonchev–Trinajstić information content (AvgIpc) is 3.11. The number of benzene rings is 2. The summed E-state index contributed by atoms with van der Waals surface area (Å²) in [7, 11) is 0. The molecule has 0 radical (unpaired) electrons. The maximum atomic E-state index is 13.7. The van der Waals surface area contributed by atoms with Gasteiger partial charge in [-0.3, -0.25) is 4.79 Å². The first kappa shape index (κ1) is 24.2. The van der Waals surface area contributed by atoms with E-state index >= 15 is 0 Å². The van der Waals surface area contributed by atoms with Gasteiger partial charge in [0.15, 0.2) is 5.78 Å². The standard InChI is InChI=1S/C31H36O3/c1-8-34-28(33)24-17-16-23(22-15-11-13-20-12-9-10-14-21(20)22)31(24)18-25(29(2,3)4)27(32)26(19-31)30(5,6)7/h9-15,17-19,23H,8,16H2,1-7H3. The van der Waals surface area contributed by atoms with Gasteiger partial charge in [0.1, 0.15) is 0 Å². The fourth-order valence-electron chi connectivity index (χ4n) is 5.47. The van der Waals surface area contributed by atoms with Crippen LogP contribution in [0, 0.1) is 16.2 Å². The van der Waals surface area contributed by atoms with Crippen LogP contribution in [0.4, 0.5) is 0 Å². The fourth-order valence-corrected chi connectivity index (χ4v) is 5.47. The first-order valence-electron chi connectivity index (χ1n) is 12.3. The number of ketones is 1. The zero-order valence-electron chi connectivity index (χ0n) is 21.5. The van der Waals surface area contributed by atoms with Crippen molar-refractivity contribution in [1.82, 2.24) is 0 Å². The molecule has 0 aromatic heterocycles. The van der Waals surface area contributed by atoms with E-state index in [4.69, 9.17) is 4.74 Å². The summed E-state index contributed by atoms with van der Waals surface area (Å²) in [6.45, 7) is 14.6. The van der Waals surface area contributed by atoms with Gasteiger partial charge in [0.05, 0.1) is 6.61 Å². The number of fused-ring (bicyclic) bond motifs is 1. The molecule has 4 rings (SSSR count). The third kappa shape index (κ3) is 3.96. The number of allylic oxidation sites excluding steroid dienone is 5. The Morgan fingerprint density at radius 1 is 0.941 bits per heavy atom. The van der Waals surface area contributed by atoms with Gasteiger partial charge in [-0.15, -0.1) is 0 Å². The molecule has 0 fully saturated rings. The van der Waals surface area contributed by atoms with E-state index in [0.717, 1.165) is 11.1 Å². The maximum absolute atomic E-state index is 13.7. The van der Waals surface area contributed by atoms with Crippen LogP contribution in [0.15, 0.2) is 77.4 Å². The second kappa shape index (κ2) is 8.37. The summed E-state index contributed by atoms with van der Waals surface area (Å²) in [6.07, 6.45) is 6.92. The van der Waals surface area contributed by atoms with E-state index < -0.39 is 5.41 Å². The Bertz CT molecular complexity index is 1200. The lowest BCUT2D eigenvalue weighted by Crippen LogP contribution is -2.37. The van der Waals surface area contributed by atoms with E-state index in [2.05, 4.69) is 90.1 Å². The molecule has 2 aliphatic carbocycles. The predicted molar refractivity (Wildman–Crippen MR) is 139 cm³/mol. The van der Waals surface area contributed by atoms with Gasteiger partial charge >= 0.3 is 5.97 Å². The molecule has 2 aliphatic rings. The van der Waals surface area contributed by atoms with Crippen LogP contribution in [0.25, 0.3) is 10.8 Å². The molecule has 2 aromatic rings. The summed E-state index contributed by atoms with van der Waals surface area (Å²) in [5.74, 6) is -0.230. The minimum absolute atomic E-state index is 0.0131. The second-order valence-electron chi connectivity index (χ2n) is 11.6. The van der Waals surface area contributed by atoms with E-state index in [1.54, 1.807) is 0 Å². The van der Waals surface area contributed by atoms with Crippen LogP contribution in [0.1, 0.15) is 66.4 Å². The highest BCUT2D eigenvalue weighted by Crippen LogP contribution is 2.58. The highest BCUT2D eigenvalue weighted by molar-refractivity contribution is 6.12. The molecule has 34 heavy (non-hydrogen) atoms. The zero-order valence-corrected chi connectivity index (χ0v) is 21.5. The maximum Gasteiger partial charge on any atom is 0.334 e. The molecule has 178 valence electrons. The van der Waals surface area contributed by atoms with Gasteiger partial charge in [-0.05, 0) is 40.5 Å². The van der Waals surface area contributed by atoms with E-state index in [0.29, 0.717) is 18.6 Å². The van der Waals surface area contributed by atoms with Crippen LogP contribution in [0.2, 0.25) is 0 Å². The molecule has 0 N–H and O–H groups in total. The summed E-state index contributed by atoms with van der Waals surface area (Å²) in [4.78, 5) is 27.1. The molecule has 0 heterocycles.